The van der Waals surface area contributed by atoms with Gasteiger partial charge in [0, 0.05) is 30.1 Å². The third kappa shape index (κ3) is 3.24. The van der Waals surface area contributed by atoms with Crippen LogP contribution in [0.1, 0.15) is 12.6 Å². The minimum Gasteiger partial charge on any atom is -0.504 e. The summed E-state index contributed by atoms with van der Waals surface area (Å²) in [5.41, 5.74) is 2.03. The fourth-order valence-electron chi connectivity index (χ4n) is 2.53. The van der Waals surface area contributed by atoms with E-state index in [9.17, 15) is 5.11 Å². The lowest BCUT2D eigenvalue weighted by atomic mass is 10.2. The van der Waals surface area contributed by atoms with Crippen LogP contribution >= 0.6 is 11.3 Å². The summed E-state index contributed by atoms with van der Waals surface area (Å²) < 4.78 is 10.6. The van der Waals surface area contributed by atoms with Crippen LogP contribution in [0.2, 0.25) is 0 Å². The lowest BCUT2D eigenvalue weighted by Crippen LogP contribution is -2.42. The molecule has 118 valence electrons. The number of hydrogen-bond acceptors (Lipinski definition) is 6. The minimum absolute atomic E-state index is 0.144. The summed E-state index contributed by atoms with van der Waals surface area (Å²) >= 11 is 1.61. The first kappa shape index (κ1) is 15.3. The van der Waals surface area contributed by atoms with E-state index in [0.29, 0.717) is 11.8 Å². The Hall–Kier alpha value is -1.63. The monoisotopic (exact) mass is 320 g/mol. The molecule has 1 atom stereocenters. The van der Waals surface area contributed by atoms with Crippen molar-refractivity contribution >= 4 is 11.3 Å². The molecule has 1 saturated heterocycles. The van der Waals surface area contributed by atoms with Gasteiger partial charge in [-0.1, -0.05) is 0 Å². The van der Waals surface area contributed by atoms with Gasteiger partial charge in [0.2, 0.25) is 0 Å². The van der Waals surface area contributed by atoms with Gasteiger partial charge in [-0.25, -0.2) is 4.98 Å². The Morgan fingerprint density at radius 1 is 1.50 bits per heavy atom. The van der Waals surface area contributed by atoms with Gasteiger partial charge in [0.15, 0.2) is 11.5 Å². The zero-order valence-corrected chi connectivity index (χ0v) is 13.6. The Kier molecular flexibility index (Phi) is 4.61. The molecule has 0 bridgehead atoms. The fraction of sp³-hybridized carbons (Fsp3) is 0.438. The summed E-state index contributed by atoms with van der Waals surface area (Å²) in [7, 11) is 1.55. The van der Waals surface area contributed by atoms with Crippen LogP contribution in [0.15, 0.2) is 23.6 Å². The van der Waals surface area contributed by atoms with E-state index in [4.69, 9.17) is 14.5 Å². The average molecular weight is 320 g/mol. The molecule has 1 aliphatic heterocycles. The van der Waals surface area contributed by atoms with Gasteiger partial charge in [-0.15, -0.1) is 11.3 Å². The second-order valence-electron chi connectivity index (χ2n) is 5.43. The number of hydrogen-bond donors (Lipinski definition) is 1. The number of phenolic OH excluding ortho intramolecular Hbond substituents is 1. The quantitative estimate of drug-likeness (QED) is 0.939. The van der Waals surface area contributed by atoms with Crippen LogP contribution in [0.3, 0.4) is 0 Å². The minimum atomic E-state index is 0.144. The smallest absolute Gasteiger partial charge is 0.161 e. The molecule has 22 heavy (non-hydrogen) atoms. The molecule has 1 aromatic heterocycles. The number of methoxy groups -OCH3 is 1. The van der Waals surface area contributed by atoms with Gasteiger partial charge in [0.1, 0.15) is 5.01 Å². The molecule has 3 rings (SSSR count). The average Bonchev–Trinajstić information content (AvgIpc) is 2.99. The molecule has 2 aromatic rings. The van der Waals surface area contributed by atoms with Crippen molar-refractivity contribution in [2.24, 2.45) is 0 Å². The number of morpholine rings is 1. The lowest BCUT2D eigenvalue weighted by Gasteiger charge is -2.32. The van der Waals surface area contributed by atoms with Gasteiger partial charge in [-0.3, -0.25) is 4.90 Å². The topological polar surface area (TPSA) is 54.8 Å². The lowest BCUT2D eigenvalue weighted by molar-refractivity contribution is -0.00482. The van der Waals surface area contributed by atoms with Gasteiger partial charge < -0.3 is 14.6 Å². The van der Waals surface area contributed by atoms with E-state index in [1.165, 1.54) is 0 Å². The normalized spacial score (nSPS) is 19.3. The Balaban J connectivity index is 1.76. The highest BCUT2D eigenvalue weighted by Gasteiger charge is 2.20. The standard InChI is InChI=1S/C16H20N2O3S/c1-11-9-21-6-5-18(11)8-13-10-22-16(17-13)12-3-4-14(19)15(7-12)20-2/h3-4,7,10-11,19H,5-6,8-9H2,1-2H3/t11-/m1/s1. The molecular weight excluding hydrogens is 300 g/mol. The van der Waals surface area contributed by atoms with E-state index in [1.54, 1.807) is 24.5 Å². The summed E-state index contributed by atoms with van der Waals surface area (Å²) in [6.07, 6.45) is 0. The van der Waals surface area contributed by atoms with E-state index < -0.39 is 0 Å². The first-order valence-electron chi connectivity index (χ1n) is 7.31. The van der Waals surface area contributed by atoms with Crippen molar-refractivity contribution in [2.45, 2.75) is 19.5 Å². The molecule has 0 amide bonds. The zero-order valence-electron chi connectivity index (χ0n) is 12.8. The van der Waals surface area contributed by atoms with Crippen molar-refractivity contribution in [2.75, 3.05) is 26.9 Å². The number of nitrogens with zero attached hydrogens (tertiary/aromatic N) is 2. The molecule has 1 fully saturated rings. The van der Waals surface area contributed by atoms with Crippen LogP contribution < -0.4 is 4.74 Å². The Morgan fingerprint density at radius 2 is 2.36 bits per heavy atom. The molecule has 0 unspecified atom stereocenters. The van der Waals surface area contributed by atoms with Crippen LogP contribution in [-0.4, -0.2) is 47.9 Å². The number of aromatic nitrogens is 1. The largest absolute Gasteiger partial charge is 0.504 e. The Bertz CT molecular complexity index is 644. The molecule has 6 heteroatoms. The maximum Gasteiger partial charge on any atom is 0.161 e. The van der Waals surface area contributed by atoms with Crippen LogP contribution in [-0.2, 0) is 11.3 Å². The number of phenols is 1. The third-order valence-corrected chi connectivity index (χ3v) is 4.79. The maximum atomic E-state index is 9.67. The Labute approximate surface area is 134 Å². The molecule has 1 aromatic carbocycles. The second-order valence-corrected chi connectivity index (χ2v) is 6.28. The first-order valence-corrected chi connectivity index (χ1v) is 8.19. The predicted molar refractivity (Wildman–Crippen MR) is 86.5 cm³/mol. The predicted octanol–water partition coefficient (Wildman–Crippen LogP) is 2.75. The number of ether oxygens (including phenoxy) is 2. The van der Waals surface area contributed by atoms with Crippen LogP contribution in [0.25, 0.3) is 10.6 Å². The first-order chi connectivity index (χ1) is 10.7. The van der Waals surface area contributed by atoms with Gasteiger partial charge in [-0.2, -0.15) is 0 Å². The molecular formula is C16H20N2O3S. The molecule has 0 spiro atoms. The number of rotatable bonds is 4. The van der Waals surface area contributed by atoms with Crippen molar-refractivity contribution in [1.82, 2.24) is 9.88 Å². The number of aromatic hydroxyl groups is 1. The number of thiazole rings is 1. The summed E-state index contributed by atoms with van der Waals surface area (Å²) in [4.78, 5) is 7.10. The zero-order chi connectivity index (χ0) is 15.5. The van der Waals surface area contributed by atoms with Crippen LogP contribution in [0.4, 0.5) is 0 Å². The molecule has 1 aliphatic rings. The van der Waals surface area contributed by atoms with E-state index >= 15 is 0 Å². The van der Waals surface area contributed by atoms with Gasteiger partial charge in [0.25, 0.3) is 0 Å². The summed E-state index contributed by atoms with van der Waals surface area (Å²) in [5, 5.41) is 12.7. The summed E-state index contributed by atoms with van der Waals surface area (Å²) in [5.74, 6) is 0.612. The van der Waals surface area contributed by atoms with Crippen molar-refractivity contribution in [3.63, 3.8) is 0 Å². The van der Waals surface area contributed by atoms with Gasteiger partial charge in [0.05, 0.1) is 26.0 Å². The molecule has 0 aliphatic carbocycles. The van der Waals surface area contributed by atoms with Gasteiger partial charge in [-0.05, 0) is 25.1 Å². The fourth-order valence-corrected chi connectivity index (χ4v) is 3.34. The molecule has 5 nitrogen and oxygen atoms in total. The molecule has 0 saturated carbocycles. The number of benzene rings is 1. The Morgan fingerprint density at radius 3 is 3.14 bits per heavy atom. The summed E-state index contributed by atoms with van der Waals surface area (Å²) in [6, 6.07) is 5.74. The molecule has 2 heterocycles. The SMILES string of the molecule is COc1cc(-c2nc(CN3CCOC[C@H]3C)cs2)ccc1O. The van der Waals surface area contributed by atoms with Crippen molar-refractivity contribution in [3.05, 3.63) is 29.3 Å². The highest BCUT2D eigenvalue weighted by atomic mass is 32.1. The molecule has 1 N–H and O–H groups in total. The van der Waals surface area contributed by atoms with E-state index in [0.717, 1.165) is 42.6 Å². The molecule has 0 radical (unpaired) electrons. The van der Waals surface area contributed by atoms with Crippen molar-refractivity contribution in [3.8, 4) is 22.1 Å². The van der Waals surface area contributed by atoms with E-state index in [1.807, 2.05) is 12.1 Å². The van der Waals surface area contributed by atoms with E-state index in [2.05, 4.69) is 17.2 Å². The van der Waals surface area contributed by atoms with Crippen molar-refractivity contribution < 1.29 is 14.6 Å². The highest BCUT2D eigenvalue weighted by Crippen LogP contribution is 2.33. The van der Waals surface area contributed by atoms with Gasteiger partial charge >= 0.3 is 0 Å². The summed E-state index contributed by atoms with van der Waals surface area (Å²) in [6.45, 7) is 5.54. The van der Waals surface area contributed by atoms with E-state index in [-0.39, 0.29) is 5.75 Å². The highest BCUT2D eigenvalue weighted by molar-refractivity contribution is 7.13. The van der Waals surface area contributed by atoms with Crippen molar-refractivity contribution in [1.29, 1.82) is 0 Å². The maximum absolute atomic E-state index is 9.67. The van der Waals surface area contributed by atoms with Crippen LogP contribution in [0, 0.1) is 0 Å². The van der Waals surface area contributed by atoms with Crippen LogP contribution in [0.5, 0.6) is 11.5 Å². The second kappa shape index (κ2) is 6.64. The third-order valence-electron chi connectivity index (χ3n) is 3.85.